The summed E-state index contributed by atoms with van der Waals surface area (Å²) < 4.78 is 12.6. The van der Waals surface area contributed by atoms with Crippen LogP contribution in [0, 0.1) is 51.2 Å². The fourth-order valence-corrected chi connectivity index (χ4v) is 10.1. The number of hydrogen-bond donors (Lipinski definition) is 0. The minimum Gasteiger partial charge on any atom is -0.458 e. The molecule has 0 aromatic rings. The van der Waals surface area contributed by atoms with Crippen molar-refractivity contribution in [2.75, 3.05) is 0 Å². The smallest absolute Gasteiger partial charge is 0.306 e. The third-order valence-corrected chi connectivity index (χ3v) is 11.4. The maximum Gasteiger partial charge on any atom is 0.306 e. The van der Waals surface area contributed by atoms with E-state index in [4.69, 9.17) is 9.47 Å². The molecule has 0 amide bonds. The van der Waals surface area contributed by atoms with Gasteiger partial charge in [-0.3, -0.25) is 14.4 Å². The Hall–Kier alpha value is -1.74. The average Bonchev–Trinajstić information content (AvgIpc) is 3.01. The molecule has 0 N–H and O–H groups in total. The molecule has 10 atom stereocenters. The van der Waals surface area contributed by atoms with E-state index in [9.17, 15) is 19.6 Å². The first-order valence-corrected chi connectivity index (χ1v) is 11.6. The van der Waals surface area contributed by atoms with Crippen LogP contribution in [-0.2, 0) is 23.9 Å². The third kappa shape index (κ3) is 1.43. The van der Waals surface area contributed by atoms with Gasteiger partial charge in [0.25, 0.3) is 0 Å². The van der Waals surface area contributed by atoms with E-state index in [0.29, 0.717) is 25.7 Å². The van der Waals surface area contributed by atoms with Crippen LogP contribution in [0.4, 0.5) is 0 Å². The van der Waals surface area contributed by atoms with Gasteiger partial charge in [-0.2, -0.15) is 5.26 Å². The van der Waals surface area contributed by atoms with Crippen molar-refractivity contribution in [3.63, 3.8) is 0 Å². The molecule has 0 aromatic carbocycles. The van der Waals surface area contributed by atoms with E-state index >= 15 is 0 Å². The number of carbonyl (C=O) groups excluding carboxylic acids is 3. The van der Waals surface area contributed by atoms with Crippen molar-refractivity contribution in [3.8, 4) is 6.07 Å². The van der Waals surface area contributed by atoms with Gasteiger partial charge < -0.3 is 9.47 Å². The van der Waals surface area contributed by atoms with Crippen molar-refractivity contribution in [1.29, 1.82) is 5.26 Å². The van der Waals surface area contributed by atoms with Gasteiger partial charge in [0.05, 0.1) is 23.5 Å². The van der Waals surface area contributed by atoms with Crippen molar-refractivity contribution in [2.45, 2.75) is 82.5 Å². The van der Waals surface area contributed by atoms with E-state index in [0.717, 1.165) is 25.7 Å². The molecule has 2 bridgehead atoms. The predicted octanol–water partition coefficient (Wildman–Crippen LogP) is 2.73. The summed E-state index contributed by atoms with van der Waals surface area (Å²) in [4.78, 5) is 38.7. The largest absolute Gasteiger partial charge is 0.458 e. The Kier molecular flexibility index (Phi) is 2.80. The molecule has 2 saturated heterocycles. The number of Topliss-reactive ketones (excluding diaryl/α,β-unsaturated/α-hetero) is 2. The van der Waals surface area contributed by atoms with Crippen molar-refractivity contribution in [3.05, 3.63) is 0 Å². The molecule has 0 aromatic heterocycles. The number of rotatable bonds is 0. The molecule has 0 radical (unpaired) electrons. The highest BCUT2D eigenvalue weighted by atomic mass is 16.6. The van der Waals surface area contributed by atoms with Crippen molar-refractivity contribution in [2.24, 2.45) is 39.9 Å². The number of ketones is 2. The molecule has 4 unspecified atom stereocenters. The maximum absolute atomic E-state index is 13.7. The molecule has 5 saturated carbocycles. The summed E-state index contributed by atoms with van der Waals surface area (Å²) in [6, 6.07) is 2.53. The summed E-state index contributed by atoms with van der Waals surface area (Å²) in [5.74, 6) is -0.966. The zero-order valence-electron chi connectivity index (χ0n) is 17.5. The van der Waals surface area contributed by atoms with Gasteiger partial charge in [-0.1, -0.05) is 13.8 Å². The summed E-state index contributed by atoms with van der Waals surface area (Å²) in [5, 5.41) is 10.4. The third-order valence-electron chi connectivity index (χ3n) is 11.4. The molecule has 5 aliphatic carbocycles. The number of ether oxygens (including phenoxy) is 2. The molecule has 2 aliphatic heterocycles. The number of hydrogen-bond acceptors (Lipinski definition) is 6. The average molecular weight is 409 g/mol. The molecule has 158 valence electrons. The van der Waals surface area contributed by atoms with Gasteiger partial charge in [-0.05, 0) is 44.4 Å². The summed E-state index contributed by atoms with van der Waals surface area (Å²) in [6.45, 7) is 4.39. The lowest BCUT2D eigenvalue weighted by Gasteiger charge is -2.60. The highest BCUT2D eigenvalue weighted by Crippen LogP contribution is 2.83. The highest BCUT2D eigenvalue weighted by molar-refractivity contribution is 6.08. The van der Waals surface area contributed by atoms with Crippen LogP contribution < -0.4 is 0 Å². The molecule has 30 heavy (non-hydrogen) atoms. The van der Waals surface area contributed by atoms with Gasteiger partial charge in [-0.25, -0.2) is 0 Å². The number of epoxide rings is 1. The molecule has 2 heterocycles. The minimum atomic E-state index is -0.917. The van der Waals surface area contributed by atoms with E-state index in [2.05, 4.69) is 19.9 Å². The van der Waals surface area contributed by atoms with Crippen LogP contribution in [0.3, 0.4) is 0 Å². The van der Waals surface area contributed by atoms with Gasteiger partial charge >= 0.3 is 5.97 Å². The van der Waals surface area contributed by atoms with Crippen LogP contribution in [0.25, 0.3) is 0 Å². The summed E-state index contributed by atoms with van der Waals surface area (Å²) in [6.07, 6.45) is 5.30. The second kappa shape index (κ2) is 4.70. The second-order valence-corrected chi connectivity index (χ2v) is 11.7. The molecule has 7 rings (SSSR count). The van der Waals surface area contributed by atoms with E-state index in [1.807, 2.05) is 0 Å². The Balaban J connectivity index is 1.42. The molecular formula is C24H27NO5. The lowest BCUT2D eigenvalue weighted by Crippen LogP contribution is -2.66. The molecule has 7 fully saturated rings. The Bertz CT molecular complexity index is 1000. The van der Waals surface area contributed by atoms with E-state index in [1.54, 1.807) is 0 Å². The van der Waals surface area contributed by atoms with Crippen molar-refractivity contribution < 1.29 is 23.9 Å². The number of esters is 1. The highest BCUT2D eigenvalue weighted by Gasteiger charge is 2.90. The zero-order chi connectivity index (χ0) is 20.9. The normalized spacial score (nSPS) is 61.9. The second-order valence-electron chi connectivity index (χ2n) is 11.7. The van der Waals surface area contributed by atoms with E-state index < -0.39 is 27.9 Å². The monoisotopic (exact) mass is 409 g/mol. The fraction of sp³-hybridized carbons (Fsp3) is 0.833. The summed E-state index contributed by atoms with van der Waals surface area (Å²) in [7, 11) is 0. The van der Waals surface area contributed by atoms with Gasteiger partial charge in [0.15, 0.2) is 0 Å². The number of nitriles is 1. The van der Waals surface area contributed by atoms with Crippen molar-refractivity contribution in [1.82, 2.24) is 0 Å². The van der Waals surface area contributed by atoms with E-state index in [-0.39, 0.29) is 46.8 Å². The lowest BCUT2D eigenvalue weighted by molar-refractivity contribution is -0.174. The van der Waals surface area contributed by atoms with Crippen molar-refractivity contribution >= 4 is 17.5 Å². The van der Waals surface area contributed by atoms with Gasteiger partial charge in [0, 0.05) is 35.5 Å². The molecule has 7 aliphatic rings. The standard InChI is InChI=1S/C24H27NO5/c1-20-10-15-24(29-15)17(13(20)3-7-23(20)8-5-16(27)30-23)12-9-22(11-25)18(19(12)28)14(26)4-6-21(22,24)2/h12-13,15,17-18H,3-10H2,1-2H3/t12?,13?,15-,17?,18?,20+,21+,22+,23-,24-/m1/s1. The molecule has 2 spiro atoms. The minimum absolute atomic E-state index is 0.00258. The summed E-state index contributed by atoms with van der Waals surface area (Å²) in [5.41, 5.74) is -2.52. The Morgan fingerprint density at radius 3 is 2.57 bits per heavy atom. The number of carbonyl (C=O) groups is 3. The number of nitrogens with zero attached hydrogens (tertiary/aromatic N) is 1. The van der Waals surface area contributed by atoms with Gasteiger partial charge in [0.2, 0.25) is 0 Å². The predicted molar refractivity (Wildman–Crippen MR) is 102 cm³/mol. The Morgan fingerprint density at radius 1 is 1.07 bits per heavy atom. The molecular weight excluding hydrogens is 382 g/mol. The first-order valence-electron chi connectivity index (χ1n) is 11.6. The molecule has 6 heteroatoms. The van der Waals surface area contributed by atoms with Crippen LogP contribution in [0.5, 0.6) is 0 Å². The first kappa shape index (κ1) is 17.9. The zero-order valence-corrected chi connectivity index (χ0v) is 17.5. The number of fused-ring (bicyclic) bond motifs is 5. The van der Waals surface area contributed by atoms with Gasteiger partial charge in [-0.15, -0.1) is 0 Å². The SMILES string of the molecule is C[C@]12CCC(=O)C3C(=O)C(C[C@]31C#N)C1C3CC[C@@]4(CCC(=O)O4)[C@@]3(C)C[C@H]3O[C@@]132. The van der Waals surface area contributed by atoms with Crippen LogP contribution in [0.1, 0.15) is 65.2 Å². The lowest BCUT2D eigenvalue weighted by atomic mass is 9.39. The van der Waals surface area contributed by atoms with Crippen LogP contribution in [-0.4, -0.2) is 34.8 Å². The Morgan fingerprint density at radius 2 is 1.87 bits per heavy atom. The van der Waals surface area contributed by atoms with Crippen LogP contribution in [0.2, 0.25) is 0 Å². The quantitative estimate of drug-likeness (QED) is 0.347. The fourth-order valence-electron chi connectivity index (χ4n) is 10.1. The first-order chi connectivity index (χ1) is 14.2. The molecule has 6 nitrogen and oxygen atoms in total. The Labute approximate surface area is 175 Å². The maximum atomic E-state index is 13.7. The van der Waals surface area contributed by atoms with Gasteiger partial charge in [0.1, 0.15) is 22.8 Å². The van der Waals surface area contributed by atoms with Crippen LogP contribution in [0.15, 0.2) is 0 Å². The van der Waals surface area contributed by atoms with Crippen LogP contribution >= 0.6 is 0 Å². The van der Waals surface area contributed by atoms with E-state index in [1.165, 1.54) is 0 Å². The topological polar surface area (TPSA) is 96.8 Å². The summed E-state index contributed by atoms with van der Waals surface area (Å²) >= 11 is 0.